The van der Waals surface area contributed by atoms with Crippen LogP contribution in [-0.2, 0) is 7.05 Å². The van der Waals surface area contributed by atoms with Crippen LogP contribution < -0.4 is 4.90 Å². The first-order valence-electron chi connectivity index (χ1n) is 8.19. The van der Waals surface area contributed by atoms with E-state index in [1.807, 2.05) is 14.1 Å². The molecule has 0 atom stereocenters. The second-order valence-electron chi connectivity index (χ2n) is 6.53. The van der Waals surface area contributed by atoms with E-state index in [1.54, 1.807) is 40.2 Å². The Morgan fingerprint density at radius 1 is 1.24 bits per heavy atom. The zero-order valence-electron chi connectivity index (χ0n) is 15.3. The van der Waals surface area contributed by atoms with Crippen LogP contribution in [0.5, 0.6) is 0 Å². The van der Waals surface area contributed by atoms with Crippen LogP contribution in [-0.4, -0.2) is 52.8 Å². The van der Waals surface area contributed by atoms with E-state index in [0.29, 0.717) is 12.2 Å². The van der Waals surface area contributed by atoms with E-state index in [2.05, 4.69) is 36.0 Å². The summed E-state index contributed by atoms with van der Waals surface area (Å²) in [4.78, 5) is 21.7. The zero-order valence-corrected chi connectivity index (χ0v) is 16.1. The molecule has 6 nitrogen and oxygen atoms in total. The zero-order chi connectivity index (χ0) is 18.1. The van der Waals surface area contributed by atoms with Crippen LogP contribution in [0.15, 0.2) is 24.4 Å². The van der Waals surface area contributed by atoms with Crippen molar-refractivity contribution in [2.24, 2.45) is 7.05 Å². The third-order valence-corrected chi connectivity index (χ3v) is 5.13. The van der Waals surface area contributed by atoms with E-state index in [-0.39, 0.29) is 5.91 Å². The summed E-state index contributed by atoms with van der Waals surface area (Å²) in [6.07, 6.45) is 1.64. The van der Waals surface area contributed by atoms with Gasteiger partial charge in [-0.2, -0.15) is 5.10 Å². The number of amides is 1. The van der Waals surface area contributed by atoms with Crippen LogP contribution >= 0.6 is 11.3 Å². The van der Waals surface area contributed by atoms with Crippen LogP contribution in [0.2, 0.25) is 0 Å². The Hall–Kier alpha value is -2.25. The Morgan fingerprint density at radius 2 is 2.00 bits per heavy atom. The van der Waals surface area contributed by atoms with E-state index in [1.165, 1.54) is 5.56 Å². The Balaban J connectivity index is 2.03. The van der Waals surface area contributed by atoms with Crippen LogP contribution in [0, 0.1) is 13.8 Å². The highest BCUT2D eigenvalue weighted by molar-refractivity contribution is 7.22. The molecule has 0 unspecified atom stereocenters. The van der Waals surface area contributed by atoms with Crippen molar-refractivity contribution >= 4 is 32.6 Å². The molecule has 3 aromatic rings. The molecule has 0 aliphatic rings. The number of benzene rings is 1. The van der Waals surface area contributed by atoms with Gasteiger partial charge < -0.3 is 4.90 Å². The van der Waals surface area contributed by atoms with Gasteiger partial charge in [0, 0.05) is 26.3 Å². The van der Waals surface area contributed by atoms with Gasteiger partial charge in [-0.05, 0) is 51.2 Å². The Labute approximate surface area is 151 Å². The minimum absolute atomic E-state index is 0.0738. The number of carbonyl (C=O) groups is 1. The number of carbonyl (C=O) groups excluding carboxylic acids is 1. The van der Waals surface area contributed by atoms with Crippen molar-refractivity contribution in [3.8, 4) is 0 Å². The van der Waals surface area contributed by atoms with Crippen molar-refractivity contribution in [3.63, 3.8) is 0 Å². The maximum Gasteiger partial charge on any atom is 0.278 e. The van der Waals surface area contributed by atoms with Crippen molar-refractivity contribution in [1.82, 2.24) is 19.7 Å². The van der Waals surface area contributed by atoms with Gasteiger partial charge in [-0.15, -0.1) is 0 Å². The van der Waals surface area contributed by atoms with Gasteiger partial charge in [-0.1, -0.05) is 17.4 Å². The third kappa shape index (κ3) is 3.57. The summed E-state index contributed by atoms with van der Waals surface area (Å²) >= 11 is 1.56. The van der Waals surface area contributed by atoms with Crippen molar-refractivity contribution in [2.45, 2.75) is 13.8 Å². The summed E-state index contributed by atoms with van der Waals surface area (Å²) in [5, 5.41) is 4.85. The number of aryl methyl sites for hydroxylation is 3. The minimum atomic E-state index is -0.0738. The number of thiazole rings is 1. The molecule has 132 valence electrons. The molecule has 0 aliphatic carbocycles. The van der Waals surface area contributed by atoms with Crippen LogP contribution in [0.4, 0.5) is 5.13 Å². The molecule has 0 bridgehead atoms. The number of rotatable bonds is 5. The minimum Gasteiger partial charge on any atom is -0.308 e. The molecule has 25 heavy (non-hydrogen) atoms. The van der Waals surface area contributed by atoms with E-state index < -0.39 is 0 Å². The van der Waals surface area contributed by atoms with Gasteiger partial charge in [-0.3, -0.25) is 14.4 Å². The quantitative estimate of drug-likeness (QED) is 0.705. The molecular weight excluding hydrogens is 334 g/mol. The normalized spacial score (nSPS) is 11.4. The molecule has 0 saturated carbocycles. The number of hydrogen-bond acceptors (Lipinski definition) is 5. The van der Waals surface area contributed by atoms with Crippen LogP contribution in [0.1, 0.15) is 21.6 Å². The third-order valence-electron chi connectivity index (χ3n) is 4.11. The van der Waals surface area contributed by atoms with Crippen molar-refractivity contribution in [3.05, 3.63) is 41.2 Å². The molecule has 0 N–H and O–H groups in total. The molecule has 3 rings (SSSR count). The smallest absolute Gasteiger partial charge is 0.278 e. The summed E-state index contributed by atoms with van der Waals surface area (Å²) in [7, 11) is 5.78. The van der Waals surface area contributed by atoms with E-state index >= 15 is 0 Å². The number of likely N-dealkylation sites (N-methyl/N-ethyl adjacent to an activating group) is 1. The molecule has 2 heterocycles. The van der Waals surface area contributed by atoms with Gasteiger partial charge in [-0.25, -0.2) is 4.98 Å². The fraction of sp³-hybridized carbons (Fsp3) is 0.389. The SMILES string of the molecule is Cc1cc(C)c2nc(N(CCN(C)C)C(=O)c3ccnn3C)sc2c1. The molecule has 0 aliphatic heterocycles. The lowest BCUT2D eigenvalue weighted by Crippen LogP contribution is -2.37. The molecular formula is C18H23N5OS. The molecule has 1 amide bonds. The second kappa shape index (κ2) is 6.93. The number of hydrogen-bond donors (Lipinski definition) is 0. The lowest BCUT2D eigenvalue weighted by atomic mass is 10.1. The number of aromatic nitrogens is 3. The average molecular weight is 357 g/mol. The van der Waals surface area contributed by atoms with Gasteiger partial charge in [0.1, 0.15) is 5.69 Å². The van der Waals surface area contributed by atoms with Crippen LogP contribution in [0.3, 0.4) is 0 Å². The predicted octanol–water partition coefficient (Wildman–Crippen LogP) is 2.86. The highest BCUT2D eigenvalue weighted by Crippen LogP contribution is 2.32. The Morgan fingerprint density at radius 3 is 2.64 bits per heavy atom. The lowest BCUT2D eigenvalue weighted by Gasteiger charge is -2.21. The summed E-state index contributed by atoms with van der Waals surface area (Å²) in [5.74, 6) is -0.0738. The van der Waals surface area contributed by atoms with Gasteiger partial charge in [0.2, 0.25) is 0 Å². The number of anilines is 1. The lowest BCUT2D eigenvalue weighted by molar-refractivity contribution is 0.0976. The maximum atomic E-state index is 13.1. The van der Waals surface area contributed by atoms with Crippen molar-refractivity contribution in [2.75, 3.05) is 32.1 Å². The van der Waals surface area contributed by atoms with Crippen LogP contribution in [0.25, 0.3) is 10.2 Å². The fourth-order valence-corrected chi connectivity index (χ4v) is 3.95. The Bertz CT molecular complexity index is 911. The largest absolute Gasteiger partial charge is 0.308 e. The highest BCUT2D eigenvalue weighted by atomic mass is 32.1. The fourth-order valence-electron chi connectivity index (χ4n) is 2.78. The van der Waals surface area contributed by atoms with Gasteiger partial charge >= 0.3 is 0 Å². The standard InChI is InChI=1S/C18H23N5OS/c1-12-10-13(2)16-15(11-12)25-18(20-16)23(9-8-21(3)4)17(24)14-6-7-19-22(14)5/h6-7,10-11H,8-9H2,1-5H3. The second-order valence-corrected chi connectivity index (χ2v) is 7.53. The monoisotopic (exact) mass is 357 g/mol. The summed E-state index contributed by atoms with van der Waals surface area (Å²) in [6.45, 7) is 5.48. The molecule has 0 fully saturated rings. The topological polar surface area (TPSA) is 54.3 Å². The summed E-state index contributed by atoms with van der Waals surface area (Å²) < 4.78 is 2.72. The predicted molar refractivity (Wildman–Crippen MR) is 103 cm³/mol. The van der Waals surface area contributed by atoms with E-state index in [4.69, 9.17) is 4.98 Å². The van der Waals surface area contributed by atoms with Crippen molar-refractivity contribution < 1.29 is 4.79 Å². The molecule has 0 spiro atoms. The van der Waals surface area contributed by atoms with Crippen molar-refractivity contribution in [1.29, 1.82) is 0 Å². The van der Waals surface area contributed by atoms with E-state index in [9.17, 15) is 4.79 Å². The first kappa shape index (κ1) is 17.6. The molecule has 0 radical (unpaired) electrons. The molecule has 7 heteroatoms. The Kier molecular flexibility index (Phi) is 4.87. The molecule has 0 saturated heterocycles. The maximum absolute atomic E-state index is 13.1. The first-order chi connectivity index (χ1) is 11.9. The summed E-state index contributed by atoms with van der Waals surface area (Å²) in [5.41, 5.74) is 3.88. The average Bonchev–Trinajstić information content (AvgIpc) is 3.13. The van der Waals surface area contributed by atoms with Gasteiger partial charge in [0.25, 0.3) is 5.91 Å². The van der Waals surface area contributed by atoms with Gasteiger partial charge in [0.15, 0.2) is 5.13 Å². The molecule has 1 aromatic carbocycles. The number of fused-ring (bicyclic) bond motifs is 1. The van der Waals surface area contributed by atoms with E-state index in [0.717, 1.165) is 27.5 Å². The van der Waals surface area contributed by atoms with Gasteiger partial charge in [0.05, 0.1) is 10.2 Å². The molecule has 2 aromatic heterocycles. The highest BCUT2D eigenvalue weighted by Gasteiger charge is 2.23. The summed E-state index contributed by atoms with van der Waals surface area (Å²) in [6, 6.07) is 5.99. The number of nitrogens with zero attached hydrogens (tertiary/aromatic N) is 5. The first-order valence-corrected chi connectivity index (χ1v) is 9.01.